The van der Waals surface area contributed by atoms with Crippen LogP contribution in [0.25, 0.3) is 55.1 Å². The van der Waals surface area contributed by atoms with Crippen LogP contribution in [0.15, 0.2) is 75.5 Å². The van der Waals surface area contributed by atoms with E-state index in [-0.39, 0.29) is 47.9 Å². The number of hydrogen-bond donors (Lipinski definition) is 1. The number of furan rings is 2. The predicted octanol–water partition coefficient (Wildman–Crippen LogP) is 12.0. The fraction of sp³-hybridized carbons (Fsp3) is 0.405. The van der Waals surface area contributed by atoms with Crippen molar-refractivity contribution in [3.63, 3.8) is 0 Å². The minimum Gasteiger partial charge on any atom is -0.512 e. The van der Waals surface area contributed by atoms with Crippen LogP contribution in [0.3, 0.4) is 0 Å². The van der Waals surface area contributed by atoms with E-state index in [1.807, 2.05) is 66.7 Å². The van der Waals surface area contributed by atoms with Crippen LogP contribution in [-0.4, -0.2) is 20.9 Å². The number of hydrogen-bond acceptors (Lipinski definition) is 6. The molecule has 3 aromatic heterocycles. The third-order valence-corrected chi connectivity index (χ3v) is 10.5. The van der Waals surface area contributed by atoms with Gasteiger partial charge in [0.25, 0.3) is 0 Å². The molecular weight excluding hydrogens is 789 g/mol. The Hall–Kier alpha value is -3.80. The molecule has 6 rings (SSSR count). The largest absolute Gasteiger partial charge is 0.512 e. The molecule has 6 nitrogen and oxygen atoms in total. The topological polar surface area (TPSA) is 89.4 Å². The maximum absolute atomic E-state index is 12.2. The molecular formula is C42H49IrN2O4-. The van der Waals surface area contributed by atoms with Crippen molar-refractivity contribution in [3.05, 3.63) is 84.1 Å². The summed E-state index contributed by atoms with van der Waals surface area (Å²) in [5.74, 6) is 1.14. The summed E-state index contributed by atoms with van der Waals surface area (Å²) in [6.07, 6.45) is 6.32. The second kappa shape index (κ2) is 14.6. The molecule has 7 heteroatoms. The van der Waals surface area contributed by atoms with Crippen molar-refractivity contribution in [3.8, 4) is 11.3 Å². The molecule has 0 aliphatic carbocycles. The Balaban J connectivity index is 0.000000260. The Morgan fingerprint density at radius 1 is 0.837 bits per heavy atom. The Morgan fingerprint density at radius 2 is 1.49 bits per heavy atom. The average molecular weight is 838 g/mol. The van der Waals surface area contributed by atoms with E-state index in [9.17, 15) is 9.90 Å². The van der Waals surface area contributed by atoms with Gasteiger partial charge in [0.1, 0.15) is 29.0 Å². The first-order valence-electron chi connectivity index (χ1n) is 17.2. The molecule has 1 radical (unpaired) electrons. The second-order valence-corrected chi connectivity index (χ2v) is 14.5. The standard InChI is InChI=1S/C27H21N2O2.C15H28O2.Ir/c1-15-11-20-22(30-15)10-9-19-23-24(28-14-29-26(23)31-25(19)20)17-12-16-7-5-6-8-18(16)21(13-17)27(2,3)4;1-7-14(5,8-2)12(16)11-13(17)15(6,9-3)10-4;/h5-11,13-14H,1-4H3;11,16H,7-10H2,1-6H3;/q-1;;/b;12-11-;. The third-order valence-electron chi connectivity index (χ3n) is 10.5. The number of aliphatic hydroxyl groups excluding tert-OH is 1. The fourth-order valence-electron chi connectivity index (χ4n) is 6.17. The van der Waals surface area contributed by atoms with Crippen molar-refractivity contribution in [1.82, 2.24) is 9.97 Å². The molecule has 0 spiro atoms. The first-order valence-corrected chi connectivity index (χ1v) is 17.2. The first-order chi connectivity index (χ1) is 22.7. The van der Waals surface area contributed by atoms with Crippen LogP contribution >= 0.6 is 0 Å². The van der Waals surface area contributed by atoms with Crippen LogP contribution in [0.4, 0.5) is 0 Å². The molecule has 3 heterocycles. The van der Waals surface area contributed by atoms with Crippen molar-refractivity contribution in [2.45, 2.75) is 100 Å². The molecule has 0 aliphatic rings. The summed E-state index contributed by atoms with van der Waals surface area (Å²) in [7, 11) is 0. The zero-order chi connectivity index (χ0) is 35.0. The quantitative estimate of drug-likeness (QED) is 0.0933. The zero-order valence-corrected chi connectivity index (χ0v) is 32.9. The van der Waals surface area contributed by atoms with Crippen LogP contribution in [0.1, 0.15) is 99.3 Å². The summed E-state index contributed by atoms with van der Waals surface area (Å²) in [5.41, 5.74) is 4.59. The summed E-state index contributed by atoms with van der Waals surface area (Å²) < 4.78 is 12.0. The van der Waals surface area contributed by atoms with E-state index in [0.29, 0.717) is 5.71 Å². The molecule has 3 aromatic carbocycles. The molecule has 0 fully saturated rings. The summed E-state index contributed by atoms with van der Waals surface area (Å²) in [6, 6.07) is 20.2. The van der Waals surface area contributed by atoms with Gasteiger partial charge in [0.05, 0.1) is 5.39 Å². The van der Waals surface area contributed by atoms with Gasteiger partial charge in [-0.05, 0) is 56.2 Å². The molecule has 1 N–H and O–H groups in total. The summed E-state index contributed by atoms with van der Waals surface area (Å²) in [4.78, 5) is 21.3. The maximum Gasteiger partial charge on any atom is 0.223 e. The zero-order valence-electron chi connectivity index (χ0n) is 30.5. The number of aliphatic hydroxyl groups is 1. The summed E-state index contributed by atoms with van der Waals surface area (Å²) in [6.45, 7) is 20.7. The van der Waals surface area contributed by atoms with E-state index in [2.05, 4.69) is 67.1 Å². The number of rotatable bonds is 8. The van der Waals surface area contributed by atoms with Gasteiger partial charge in [0, 0.05) is 53.5 Å². The van der Waals surface area contributed by atoms with Gasteiger partial charge in [-0.2, -0.15) is 0 Å². The Kier molecular flexibility index (Phi) is 11.3. The van der Waals surface area contributed by atoms with E-state index >= 15 is 0 Å². The minimum absolute atomic E-state index is 0. The number of aromatic nitrogens is 2. The summed E-state index contributed by atoms with van der Waals surface area (Å²) >= 11 is 0. The van der Waals surface area contributed by atoms with Gasteiger partial charge >= 0.3 is 0 Å². The first kappa shape index (κ1) is 38.0. The molecule has 6 aromatic rings. The van der Waals surface area contributed by atoms with Gasteiger partial charge < -0.3 is 13.9 Å². The Labute approximate surface area is 303 Å². The third kappa shape index (κ3) is 7.25. The van der Waals surface area contributed by atoms with Crippen molar-refractivity contribution in [1.29, 1.82) is 0 Å². The normalized spacial score (nSPS) is 12.7. The number of nitrogens with zero attached hydrogens (tertiary/aromatic N) is 2. The molecule has 0 saturated carbocycles. The van der Waals surface area contributed by atoms with E-state index in [1.54, 1.807) is 6.33 Å². The van der Waals surface area contributed by atoms with Crippen molar-refractivity contribution < 1.29 is 38.8 Å². The average Bonchev–Trinajstić information content (AvgIpc) is 3.66. The fourth-order valence-corrected chi connectivity index (χ4v) is 6.17. The number of allylic oxidation sites excluding steroid dienone is 2. The van der Waals surface area contributed by atoms with Gasteiger partial charge in [-0.1, -0.05) is 91.5 Å². The number of aryl methyl sites for hydroxylation is 1. The minimum atomic E-state index is -0.337. The van der Waals surface area contributed by atoms with Crippen molar-refractivity contribution in [2.24, 2.45) is 10.8 Å². The molecule has 0 unspecified atom stereocenters. The van der Waals surface area contributed by atoms with Gasteiger partial charge in [-0.3, -0.25) is 9.78 Å². The monoisotopic (exact) mass is 838 g/mol. The van der Waals surface area contributed by atoms with Gasteiger partial charge in [-0.25, -0.2) is 4.98 Å². The second-order valence-electron chi connectivity index (χ2n) is 14.5. The van der Waals surface area contributed by atoms with Crippen LogP contribution in [-0.2, 0) is 30.3 Å². The van der Waals surface area contributed by atoms with E-state index in [1.165, 1.54) is 17.0 Å². The Bertz CT molecular complexity index is 2140. The molecule has 49 heavy (non-hydrogen) atoms. The number of fused-ring (bicyclic) bond motifs is 6. The number of carbonyl (C=O) groups is 1. The SMILES string of the molecule is CCC(C)(CC)C(=O)/C=C(\O)C(C)(CC)CC.Cc1cc2c(ccc3c2oc2ncnc(-c4[c-]c5ccccc5c(C(C)(C)C)c4)c23)o1.[Ir]. The van der Waals surface area contributed by atoms with Crippen LogP contribution in [0, 0.1) is 23.8 Å². The van der Waals surface area contributed by atoms with E-state index in [0.717, 1.165) is 75.4 Å². The molecule has 0 amide bonds. The van der Waals surface area contributed by atoms with Crippen LogP contribution in [0.5, 0.6) is 0 Å². The van der Waals surface area contributed by atoms with E-state index in [4.69, 9.17) is 8.83 Å². The van der Waals surface area contributed by atoms with Gasteiger partial charge in [0.2, 0.25) is 5.71 Å². The molecule has 0 bridgehead atoms. The van der Waals surface area contributed by atoms with Crippen LogP contribution in [0.2, 0.25) is 0 Å². The van der Waals surface area contributed by atoms with Gasteiger partial charge in [0.15, 0.2) is 5.78 Å². The predicted molar refractivity (Wildman–Crippen MR) is 197 cm³/mol. The Morgan fingerprint density at radius 3 is 2.12 bits per heavy atom. The maximum atomic E-state index is 12.2. The molecule has 0 atom stereocenters. The van der Waals surface area contributed by atoms with E-state index < -0.39 is 0 Å². The van der Waals surface area contributed by atoms with Crippen LogP contribution < -0.4 is 0 Å². The number of carbonyl (C=O) groups excluding carboxylic acids is 1. The number of ketones is 1. The summed E-state index contributed by atoms with van der Waals surface area (Å²) in [5, 5.41) is 15.3. The number of benzene rings is 3. The van der Waals surface area contributed by atoms with Crippen molar-refractivity contribution >= 4 is 49.6 Å². The van der Waals surface area contributed by atoms with Crippen molar-refractivity contribution in [2.75, 3.05) is 0 Å². The smallest absolute Gasteiger partial charge is 0.223 e. The van der Waals surface area contributed by atoms with Gasteiger partial charge in [-0.15, -0.1) is 29.1 Å². The molecule has 261 valence electrons. The molecule has 0 saturated heterocycles. The molecule has 0 aliphatic heterocycles.